The van der Waals surface area contributed by atoms with Crippen LogP contribution >= 0.6 is 23.1 Å². The predicted octanol–water partition coefficient (Wildman–Crippen LogP) is 5.17. The van der Waals surface area contributed by atoms with Gasteiger partial charge in [-0.05, 0) is 63.5 Å². The molecule has 31 heavy (non-hydrogen) atoms. The molecule has 0 radical (unpaired) electrons. The normalized spacial score (nSPS) is 23.0. The Morgan fingerprint density at radius 3 is 2.55 bits per heavy atom. The average molecular weight is 459 g/mol. The molecule has 5 rings (SSSR count). The molecule has 164 valence electrons. The fourth-order valence-electron chi connectivity index (χ4n) is 4.92. The lowest BCUT2D eigenvalue weighted by atomic mass is 9.82. The molecule has 9 heteroatoms. The Hall–Kier alpha value is -2.19. The number of piperidine rings is 1. The minimum atomic E-state index is 0.151. The summed E-state index contributed by atoms with van der Waals surface area (Å²) in [5.74, 6) is 4.21. The molecule has 0 N–H and O–H groups in total. The number of benzene rings is 1. The van der Waals surface area contributed by atoms with Crippen molar-refractivity contribution in [2.75, 3.05) is 18.0 Å². The molecule has 7 nitrogen and oxygen atoms in total. The molecule has 1 saturated heterocycles. The Labute approximate surface area is 191 Å². The van der Waals surface area contributed by atoms with E-state index >= 15 is 0 Å². The number of ether oxygens (including phenoxy) is 1. The Balaban J connectivity index is 1.33. The second-order valence-electron chi connectivity index (χ2n) is 8.88. The quantitative estimate of drug-likeness (QED) is 0.507. The van der Waals surface area contributed by atoms with Crippen LogP contribution in [0.5, 0.6) is 11.8 Å². The van der Waals surface area contributed by atoms with Crippen LogP contribution in [-0.2, 0) is 6.42 Å². The van der Waals surface area contributed by atoms with Gasteiger partial charge in [-0.3, -0.25) is 0 Å². The van der Waals surface area contributed by atoms with Gasteiger partial charge in [0, 0.05) is 31.0 Å². The van der Waals surface area contributed by atoms with Crippen molar-refractivity contribution in [3.63, 3.8) is 0 Å². The number of rotatable bonds is 6. The Morgan fingerprint density at radius 1 is 1.16 bits per heavy atom. The summed E-state index contributed by atoms with van der Waals surface area (Å²) >= 11 is 7.80. The van der Waals surface area contributed by atoms with Crippen LogP contribution in [-0.4, -0.2) is 37.2 Å². The van der Waals surface area contributed by atoms with Crippen LogP contribution in [0, 0.1) is 24.7 Å². The lowest BCUT2D eigenvalue weighted by Crippen LogP contribution is -2.42. The van der Waals surface area contributed by atoms with Gasteiger partial charge in [0.05, 0.1) is 11.1 Å². The van der Waals surface area contributed by atoms with E-state index in [1.807, 2.05) is 35.9 Å². The first-order valence-corrected chi connectivity index (χ1v) is 12.1. The van der Waals surface area contributed by atoms with Crippen LogP contribution < -0.4 is 9.64 Å². The van der Waals surface area contributed by atoms with Crippen molar-refractivity contribution in [3.8, 4) is 11.8 Å². The summed E-state index contributed by atoms with van der Waals surface area (Å²) in [5.41, 5.74) is 0. The smallest absolute Gasteiger partial charge is 0.320 e. The minimum Gasteiger partial charge on any atom is -0.423 e. The van der Waals surface area contributed by atoms with Crippen molar-refractivity contribution in [3.05, 3.63) is 40.9 Å². The number of para-hydroxylation sites is 1. The van der Waals surface area contributed by atoms with Gasteiger partial charge in [0.25, 0.3) is 0 Å². The lowest BCUT2D eigenvalue weighted by molar-refractivity contribution is 0.265. The van der Waals surface area contributed by atoms with E-state index in [4.69, 9.17) is 26.4 Å². The van der Waals surface area contributed by atoms with Crippen LogP contribution in [0.15, 0.2) is 24.3 Å². The fraction of sp³-hybridized carbons (Fsp3) is 0.545. The molecule has 2 aromatic heterocycles. The number of anilines is 1. The summed E-state index contributed by atoms with van der Waals surface area (Å²) in [5, 5.41) is 6.44. The van der Waals surface area contributed by atoms with Gasteiger partial charge in [0.1, 0.15) is 11.6 Å². The summed E-state index contributed by atoms with van der Waals surface area (Å²) in [4.78, 5) is 11.8. The fourth-order valence-corrected chi connectivity index (χ4v) is 5.79. The molecule has 0 spiro atoms. The molecule has 3 aromatic rings. The largest absolute Gasteiger partial charge is 0.423 e. The van der Waals surface area contributed by atoms with Crippen LogP contribution in [0.3, 0.4) is 0 Å². The highest BCUT2D eigenvalue weighted by Crippen LogP contribution is 2.45. The summed E-state index contributed by atoms with van der Waals surface area (Å²) in [7, 11) is 0. The number of aromatic nitrogens is 5. The summed E-state index contributed by atoms with van der Waals surface area (Å²) in [6.45, 7) is 8.22. The highest BCUT2D eigenvalue weighted by atomic mass is 35.5. The molecule has 1 aromatic carbocycles. The highest BCUT2D eigenvalue weighted by Gasteiger charge is 2.43. The third-order valence-corrected chi connectivity index (χ3v) is 7.59. The van der Waals surface area contributed by atoms with E-state index < -0.39 is 0 Å². The molecule has 1 saturated carbocycles. The number of hydrogen-bond donors (Lipinski definition) is 0. The van der Waals surface area contributed by atoms with E-state index in [-0.39, 0.29) is 6.04 Å². The van der Waals surface area contributed by atoms with Gasteiger partial charge >= 0.3 is 6.01 Å². The van der Waals surface area contributed by atoms with E-state index in [1.165, 1.54) is 24.4 Å². The van der Waals surface area contributed by atoms with Gasteiger partial charge in [-0.2, -0.15) is 14.5 Å². The molecule has 2 aliphatic rings. The van der Waals surface area contributed by atoms with Gasteiger partial charge in [0.15, 0.2) is 5.82 Å². The van der Waals surface area contributed by atoms with Gasteiger partial charge in [-0.1, -0.05) is 23.7 Å². The topological polar surface area (TPSA) is 69.0 Å². The van der Waals surface area contributed by atoms with Gasteiger partial charge in [0.2, 0.25) is 5.13 Å². The molecule has 2 bridgehead atoms. The van der Waals surface area contributed by atoms with Crippen LogP contribution in [0.4, 0.5) is 5.13 Å². The average Bonchev–Trinajstić information content (AvgIpc) is 3.40. The summed E-state index contributed by atoms with van der Waals surface area (Å²) < 4.78 is 12.3. The highest BCUT2D eigenvalue weighted by molar-refractivity contribution is 7.09. The van der Waals surface area contributed by atoms with E-state index in [1.54, 1.807) is 0 Å². The van der Waals surface area contributed by atoms with Crippen LogP contribution in [0.2, 0.25) is 5.02 Å². The maximum absolute atomic E-state index is 6.28. The van der Waals surface area contributed by atoms with E-state index in [2.05, 4.69) is 28.1 Å². The molecular formula is C22H27ClN6OS. The van der Waals surface area contributed by atoms with Crippen molar-refractivity contribution in [2.45, 2.75) is 46.1 Å². The Morgan fingerprint density at radius 2 is 1.90 bits per heavy atom. The van der Waals surface area contributed by atoms with Crippen molar-refractivity contribution in [2.24, 2.45) is 17.8 Å². The second-order valence-corrected chi connectivity index (χ2v) is 10.0. The van der Waals surface area contributed by atoms with Crippen molar-refractivity contribution in [1.29, 1.82) is 0 Å². The molecule has 0 amide bonds. The molecule has 2 unspecified atom stereocenters. The monoisotopic (exact) mass is 458 g/mol. The number of halogens is 1. The maximum Gasteiger partial charge on any atom is 0.320 e. The number of nitrogens with zero attached hydrogens (tertiary/aromatic N) is 6. The van der Waals surface area contributed by atoms with E-state index in [9.17, 15) is 0 Å². The molecule has 1 aliphatic heterocycles. The number of hydrogen-bond acceptors (Lipinski definition) is 7. The van der Waals surface area contributed by atoms with Crippen molar-refractivity contribution < 1.29 is 4.74 Å². The molecular weight excluding hydrogens is 432 g/mol. The molecule has 3 heterocycles. The van der Waals surface area contributed by atoms with Crippen LogP contribution in [0.25, 0.3) is 0 Å². The maximum atomic E-state index is 6.28. The predicted molar refractivity (Wildman–Crippen MR) is 122 cm³/mol. The minimum absolute atomic E-state index is 0.151. The zero-order chi connectivity index (χ0) is 21.5. The second kappa shape index (κ2) is 8.39. The van der Waals surface area contributed by atoms with Gasteiger partial charge < -0.3 is 9.64 Å². The molecule has 2 atom stereocenters. The summed E-state index contributed by atoms with van der Waals surface area (Å²) in [6, 6.07) is 8.12. The third kappa shape index (κ3) is 4.15. The van der Waals surface area contributed by atoms with Crippen molar-refractivity contribution >= 4 is 28.3 Å². The van der Waals surface area contributed by atoms with Crippen molar-refractivity contribution in [1.82, 2.24) is 24.1 Å². The SMILES string of the molecule is Cc1nsc(N2CC3CCC(C2)C3Cc2nc(Oc3ccccc3Cl)n(C(C)C)n2)n1. The Bertz CT molecular complexity index is 1050. The molecule has 1 aliphatic carbocycles. The van der Waals surface area contributed by atoms with Gasteiger partial charge in [-0.15, -0.1) is 0 Å². The zero-order valence-corrected chi connectivity index (χ0v) is 19.6. The number of fused-ring (bicyclic) bond motifs is 2. The van der Waals surface area contributed by atoms with E-state index in [0.29, 0.717) is 34.5 Å². The third-order valence-electron chi connectivity index (χ3n) is 6.41. The Kier molecular flexibility index (Phi) is 5.60. The van der Waals surface area contributed by atoms with Gasteiger partial charge in [-0.25, -0.2) is 9.67 Å². The summed E-state index contributed by atoms with van der Waals surface area (Å²) in [6.07, 6.45) is 3.41. The first-order valence-electron chi connectivity index (χ1n) is 10.9. The van der Waals surface area contributed by atoms with Crippen LogP contribution in [0.1, 0.15) is 44.4 Å². The van der Waals surface area contributed by atoms with E-state index in [0.717, 1.165) is 36.3 Å². The lowest BCUT2D eigenvalue weighted by Gasteiger charge is -2.37. The number of aryl methyl sites for hydroxylation is 1. The standard InChI is InChI=1S/C22H27ClN6OS/c1-13(2)29-21(30-19-7-5-4-6-18(19)23)25-20(26-29)10-17-15-8-9-16(17)12-28(11-15)22-24-14(3)27-31-22/h4-7,13,15-17H,8-12H2,1-3H3. The molecule has 2 fully saturated rings. The first-order chi connectivity index (χ1) is 15.0. The first kappa shape index (κ1) is 20.7. The zero-order valence-electron chi connectivity index (χ0n) is 18.0.